The van der Waals surface area contributed by atoms with Crippen molar-refractivity contribution in [2.24, 2.45) is 0 Å². The molecule has 0 aliphatic heterocycles. The van der Waals surface area contributed by atoms with Gasteiger partial charge in [0.15, 0.2) is 13.2 Å². The number of halogens is 1. The van der Waals surface area contributed by atoms with Crippen molar-refractivity contribution < 1.29 is 14.3 Å². The fourth-order valence-corrected chi connectivity index (χ4v) is 2.93. The molecule has 0 unspecified atom stereocenters. The van der Waals surface area contributed by atoms with Crippen LogP contribution in [0.2, 0.25) is 5.02 Å². The molecule has 0 aliphatic rings. The summed E-state index contributed by atoms with van der Waals surface area (Å²) < 4.78 is 4.93. The van der Waals surface area contributed by atoms with Crippen molar-refractivity contribution in [1.29, 1.82) is 0 Å². The zero-order chi connectivity index (χ0) is 19.1. The number of thiophene rings is 1. The van der Waals surface area contributed by atoms with Crippen molar-refractivity contribution in [2.45, 2.75) is 13.0 Å². The van der Waals surface area contributed by atoms with Crippen molar-refractivity contribution in [3.63, 3.8) is 0 Å². The summed E-state index contributed by atoms with van der Waals surface area (Å²) in [6, 6.07) is 9.23. The van der Waals surface area contributed by atoms with Gasteiger partial charge in [0, 0.05) is 22.5 Å². The topological polar surface area (TPSA) is 99.0 Å². The number of rotatable bonds is 8. The van der Waals surface area contributed by atoms with Crippen LogP contribution >= 0.6 is 22.9 Å². The van der Waals surface area contributed by atoms with Crippen LogP contribution in [0.15, 0.2) is 41.1 Å². The molecule has 0 fully saturated rings. The van der Waals surface area contributed by atoms with Gasteiger partial charge >= 0.3 is 5.97 Å². The first kappa shape index (κ1) is 19.0. The van der Waals surface area contributed by atoms with E-state index in [2.05, 4.69) is 20.7 Å². The molecule has 1 N–H and O–H groups in total. The third-order valence-electron chi connectivity index (χ3n) is 3.52. The fourth-order valence-electron chi connectivity index (χ4n) is 2.17. The molecule has 1 amide bonds. The largest absolute Gasteiger partial charge is 0.454 e. The second kappa shape index (κ2) is 9.24. The van der Waals surface area contributed by atoms with Crippen molar-refractivity contribution >= 4 is 34.8 Å². The molecule has 2 heterocycles. The quantitative estimate of drug-likeness (QED) is 0.575. The Morgan fingerprint density at radius 1 is 1.22 bits per heavy atom. The number of aromatic nitrogens is 4. The number of ether oxygens (including phenoxy) is 1. The molecule has 10 heteroatoms. The first-order chi connectivity index (χ1) is 13.1. The average molecular weight is 406 g/mol. The van der Waals surface area contributed by atoms with Crippen LogP contribution < -0.4 is 5.32 Å². The number of tetrazole rings is 1. The van der Waals surface area contributed by atoms with E-state index in [0.717, 1.165) is 15.9 Å². The highest BCUT2D eigenvalue weighted by molar-refractivity contribution is 7.08. The minimum absolute atomic E-state index is 0.213. The summed E-state index contributed by atoms with van der Waals surface area (Å²) in [7, 11) is 0. The van der Waals surface area contributed by atoms with Crippen LogP contribution in [0.3, 0.4) is 0 Å². The Balaban J connectivity index is 1.36. The molecule has 2 aromatic heterocycles. The van der Waals surface area contributed by atoms with Gasteiger partial charge in [0.2, 0.25) is 5.82 Å². The number of nitrogens with zero attached hydrogens (tertiary/aromatic N) is 4. The molecule has 0 atom stereocenters. The highest BCUT2D eigenvalue weighted by Gasteiger charge is 2.12. The fraction of sp³-hybridized carbons (Fsp3) is 0.235. The maximum atomic E-state index is 11.8. The molecule has 140 valence electrons. The van der Waals surface area contributed by atoms with Crippen molar-refractivity contribution in [2.75, 3.05) is 13.2 Å². The summed E-state index contributed by atoms with van der Waals surface area (Å²) in [5.41, 5.74) is 1.88. The number of benzene rings is 1. The van der Waals surface area contributed by atoms with Gasteiger partial charge < -0.3 is 10.1 Å². The zero-order valence-electron chi connectivity index (χ0n) is 14.2. The molecular formula is C17H16ClN5O3S. The van der Waals surface area contributed by atoms with E-state index in [-0.39, 0.29) is 19.1 Å². The van der Waals surface area contributed by atoms with Crippen molar-refractivity contribution in [1.82, 2.24) is 25.5 Å². The average Bonchev–Trinajstić information content (AvgIpc) is 3.33. The van der Waals surface area contributed by atoms with E-state index in [0.29, 0.717) is 23.8 Å². The standard InChI is InChI=1S/C17H16ClN5O3S/c18-14-3-1-12(2-4-14)5-7-19-15(24)10-26-16(25)9-23-21-17(20-22-23)13-6-8-27-11-13/h1-4,6,8,11H,5,7,9-10H2,(H,19,24). The SMILES string of the molecule is O=C(COC(=O)Cn1nnc(-c2ccsc2)n1)NCCc1ccc(Cl)cc1. The normalized spacial score (nSPS) is 10.6. The van der Waals surface area contributed by atoms with Gasteiger partial charge in [-0.25, -0.2) is 4.79 Å². The van der Waals surface area contributed by atoms with Crippen LogP contribution in [0, 0.1) is 0 Å². The molecule has 0 radical (unpaired) electrons. The Hall–Kier alpha value is -2.78. The maximum Gasteiger partial charge on any atom is 0.330 e. The molecule has 0 spiro atoms. The molecule has 3 rings (SSSR count). The van der Waals surface area contributed by atoms with Crippen LogP contribution in [0.25, 0.3) is 11.4 Å². The summed E-state index contributed by atoms with van der Waals surface area (Å²) >= 11 is 7.34. The molecule has 0 saturated carbocycles. The van der Waals surface area contributed by atoms with E-state index in [9.17, 15) is 9.59 Å². The van der Waals surface area contributed by atoms with Crippen molar-refractivity contribution in [3.8, 4) is 11.4 Å². The number of carbonyl (C=O) groups excluding carboxylic acids is 2. The Morgan fingerprint density at radius 2 is 2.04 bits per heavy atom. The summed E-state index contributed by atoms with van der Waals surface area (Å²) in [4.78, 5) is 24.7. The summed E-state index contributed by atoms with van der Waals surface area (Å²) in [5.74, 6) is -0.552. The Morgan fingerprint density at radius 3 is 2.78 bits per heavy atom. The molecule has 3 aromatic rings. The van der Waals surface area contributed by atoms with E-state index >= 15 is 0 Å². The summed E-state index contributed by atoms with van der Waals surface area (Å²) in [6.45, 7) is -0.132. The molecular weight excluding hydrogens is 390 g/mol. The molecule has 1 aromatic carbocycles. The second-order valence-electron chi connectivity index (χ2n) is 5.54. The van der Waals surface area contributed by atoms with Crippen LogP contribution in [0.4, 0.5) is 0 Å². The zero-order valence-corrected chi connectivity index (χ0v) is 15.7. The summed E-state index contributed by atoms with van der Waals surface area (Å²) in [6.07, 6.45) is 0.658. The lowest BCUT2D eigenvalue weighted by atomic mass is 10.1. The molecule has 0 aliphatic carbocycles. The monoisotopic (exact) mass is 405 g/mol. The van der Waals surface area contributed by atoms with Gasteiger partial charge in [-0.15, -0.1) is 10.2 Å². The number of carbonyl (C=O) groups is 2. The number of hydrogen-bond donors (Lipinski definition) is 1. The van der Waals surface area contributed by atoms with Crippen molar-refractivity contribution in [3.05, 3.63) is 51.7 Å². The molecule has 27 heavy (non-hydrogen) atoms. The van der Waals surface area contributed by atoms with Crippen LogP contribution in [-0.2, 0) is 27.3 Å². The van der Waals surface area contributed by atoms with Crippen LogP contribution in [-0.4, -0.2) is 45.2 Å². The number of hydrogen-bond acceptors (Lipinski definition) is 7. The predicted octanol–water partition coefficient (Wildman–Crippen LogP) is 1.96. The Bertz CT molecular complexity index is 896. The smallest absolute Gasteiger partial charge is 0.330 e. The Labute approximate surface area is 164 Å². The Kier molecular flexibility index (Phi) is 6.50. The van der Waals surface area contributed by atoms with Gasteiger partial charge in [0.05, 0.1) is 0 Å². The predicted molar refractivity (Wildman–Crippen MR) is 100 cm³/mol. The maximum absolute atomic E-state index is 11.8. The third-order valence-corrected chi connectivity index (χ3v) is 4.45. The number of nitrogens with one attached hydrogen (secondary N) is 1. The van der Waals surface area contributed by atoms with Crippen LogP contribution in [0.5, 0.6) is 0 Å². The van der Waals surface area contributed by atoms with Gasteiger partial charge in [-0.2, -0.15) is 16.1 Å². The highest BCUT2D eigenvalue weighted by atomic mass is 35.5. The van der Waals surface area contributed by atoms with E-state index in [1.165, 1.54) is 11.3 Å². The minimum Gasteiger partial charge on any atom is -0.454 e. The first-order valence-electron chi connectivity index (χ1n) is 8.07. The molecule has 0 bridgehead atoms. The molecule has 0 saturated heterocycles. The second-order valence-corrected chi connectivity index (χ2v) is 6.76. The van der Waals surface area contributed by atoms with Gasteiger partial charge in [-0.05, 0) is 40.8 Å². The third kappa shape index (κ3) is 5.87. The van der Waals surface area contributed by atoms with E-state index < -0.39 is 5.97 Å². The molecule has 8 nitrogen and oxygen atoms in total. The number of amides is 1. The number of esters is 1. The van der Waals surface area contributed by atoms with Gasteiger partial charge in [0.25, 0.3) is 5.91 Å². The van der Waals surface area contributed by atoms with E-state index in [1.807, 2.05) is 29.0 Å². The first-order valence-corrected chi connectivity index (χ1v) is 9.39. The lowest BCUT2D eigenvalue weighted by Crippen LogP contribution is -2.31. The summed E-state index contributed by atoms with van der Waals surface area (Å²) in [5, 5.41) is 18.9. The lowest BCUT2D eigenvalue weighted by Gasteiger charge is -2.06. The minimum atomic E-state index is -0.614. The van der Waals surface area contributed by atoms with E-state index in [1.54, 1.807) is 12.1 Å². The highest BCUT2D eigenvalue weighted by Crippen LogP contribution is 2.16. The van der Waals surface area contributed by atoms with Gasteiger partial charge in [-0.1, -0.05) is 23.7 Å². The lowest BCUT2D eigenvalue weighted by molar-refractivity contribution is -0.149. The van der Waals surface area contributed by atoms with Gasteiger partial charge in [0.1, 0.15) is 0 Å². The van der Waals surface area contributed by atoms with Crippen LogP contribution in [0.1, 0.15) is 5.56 Å². The van der Waals surface area contributed by atoms with Gasteiger partial charge in [-0.3, -0.25) is 4.79 Å². The van der Waals surface area contributed by atoms with E-state index in [4.69, 9.17) is 16.3 Å².